The SMILES string of the molecule is C[C@H](CC[C@@H](O)C(C)(C)O)[C@@H]1CC[C@@]2(C)[C@@H]3CC=C4[C@H](CC[C@H](O[C@@H]5O[C@H](CO[C@@H]6O[C@H](CO)[C@@H](O)[C@H](O)[C@H]6O)[C@@H](O)[C@H](O)[C@H]5O)C4(C)C)[C@]3(C)[C@H](O)C[C@]12C. The summed E-state index contributed by atoms with van der Waals surface area (Å²) < 4.78 is 23.6. The zero-order valence-electron chi connectivity index (χ0n) is 34.6. The Hall–Kier alpha value is -0.820. The molecular weight excluding hydrogens is 728 g/mol. The molecule has 0 unspecified atom stereocenters. The average Bonchev–Trinajstić information content (AvgIpc) is 3.40. The van der Waals surface area contributed by atoms with Crippen molar-refractivity contribution in [1.82, 2.24) is 0 Å². The summed E-state index contributed by atoms with van der Waals surface area (Å²) in [5.41, 5.74) is -0.985. The Kier molecular flexibility index (Phi) is 12.7. The Bertz CT molecular complexity index is 1400. The van der Waals surface area contributed by atoms with Gasteiger partial charge >= 0.3 is 0 Å². The van der Waals surface area contributed by atoms with Crippen LogP contribution in [0.4, 0.5) is 0 Å². The zero-order chi connectivity index (χ0) is 41.5. The van der Waals surface area contributed by atoms with Gasteiger partial charge in [-0.1, -0.05) is 53.2 Å². The number of fused-ring (bicyclic) bond motifs is 5. The summed E-state index contributed by atoms with van der Waals surface area (Å²) in [4.78, 5) is 0. The van der Waals surface area contributed by atoms with E-state index in [-0.39, 0.29) is 28.1 Å². The Morgan fingerprint density at radius 2 is 1.41 bits per heavy atom. The van der Waals surface area contributed by atoms with Gasteiger partial charge < -0.3 is 70.0 Å². The van der Waals surface area contributed by atoms with Gasteiger partial charge in [-0.2, -0.15) is 0 Å². The van der Waals surface area contributed by atoms with Crippen LogP contribution in [0.2, 0.25) is 0 Å². The fourth-order valence-corrected chi connectivity index (χ4v) is 12.6. The molecule has 0 aromatic carbocycles. The highest BCUT2D eigenvalue weighted by molar-refractivity contribution is 5.32. The molecule has 2 aliphatic heterocycles. The van der Waals surface area contributed by atoms with Crippen molar-refractivity contribution in [3.63, 3.8) is 0 Å². The Morgan fingerprint density at radius 3 is 2.04 bits per heavy atom. The lowest BCUT2D eigenvalue weighted by molar-refractivity contribution is -0.340. The monoisotopic (exact) mass is 800 g/mol. The standard InChI is InChI=1S/C42H72O14/c1-20(9-13-27(44)39(4,5)52)21-15-16-40(6)26-12-10-22-23(42(26,8)28(45)17-41(21,40)7)11-14-29(38(22,2)3)56-37-35(51)33(49)31(47)25(55-37)19-53-36-34(50)32(48)30(46)24(18-43)54-36/h10,20-21,23-37,43-52H,9,11-19H2,1-8H3/t20-,21+,23+,24-,25-,26+,27-,28-,29+,30-,31-,32+,33+,34-,35-,36-,37+,40+,41-,42+/m1/s1. The second-order valence-electron chi connectivity index (χ2n) is 20.3. The largest absolute Gasteiger partial charge is 0.394 e. The summed E-state index contributed by atoms with van der Waals surface area (Å²) in [6.45, 7) is 15.8. The third kappa shape index (κ3) is 7.26. The van der Waals surface area contributed by atoms with Crippen LogP contribution in [0.3, 0.4) is 0 Å². The highest BCUT2D eigenvalue weighted by Crippen LogP contribution is 2.75. The minimum absolute atomic E-state index is 0.0159. The first-order valence-corrected chi connectivity index (χ1v) is 21.0. The van der Waals surface area contributed by atoms with E-state index in [4.69, 9.17) is 18.9 Å². The average molecular weight is 801 g/mol. The molecule has 0 aromatic heterocycles. The fourth-order valence-electron chi connectivity index (χ4n) is 12.6. The minimum Gasteiger partial charge on any atom is -0.394 e. The lowest BCUT2D eigenvalue weighted by atomic mass is 9.38. The summed E-state index contributed by atoms with van der Waals surface area (Å²) >= 11 is 0. The lowest BCUT2D eigenvalue weighted by Crippen LogP contribution is -2.65. The van der Waals surface area contributed by atoms with Gasteiger partial charge in [-0.25, -0.2) is 0 Å². The van der Waals surface area contributed by atoms with Crippen LogP contribution in [-0.2, 0) is 18.9 Å². The molecule has 5 fully saturated rings. The molecule has 324 valence electrons. The van der Waals surface area contributed by atoms with Gasteiger partial charge in [-0.05, 0) is 99.7 Å². The predicted molar refractivity (Wildman–Crippen MR) is 202 cm³/mol. The van der Waals surface area contributed by atoms with Crippen molar-refractivity contribution < 1.29 is 70.0 Å². The van der Waals surface area contributed by atoms with Crippen molar-refractivity contribution in [2.24, 2.45) is 45.3 Å². The number of rotatable bonds is 11. The van der Waals surface area contributed by atoms with Gasteiger partial charge in [0, 0.05) is 10.8 Å². The maximum absolute atomic E-state index is 12.4. The quantitative estimate of drug-likeness (QED) is 0.132. The molecule has 3 saturated carbocycles. The highest BCUT2D eigenvalue weighted by atomic mass is 16.7. The molecule has 14 nitrogen and oxygen atoms in total. The normalized spacial score (nSPS) is 50.3. The van der Waals surface area contributed by atoms with Crippen LogP contribution < -0.4 is 0 Å². The molecule has 20 atom stereocenters. The van der Waals surface area contributed by atoms with Crippen LogP contribution in [0.25, 0.3) is 0 Å². The molecule has 4 aliphatic carbocycles. The molecule has 0 bridgehead atoms. The van der Waals surface area contributed by atoms with Crippen LogP contribution in [0.5, 0.6) is 0 Å². The molecule has 6 aliphatic rings. The summed E-state index contributed by atoms with van der Waals surface area (Å²) in [7, 11) is 0. The smallest absolute Gasteiger partial charge is 0.187 e. The molecule has 2 saturated heterocycles. The van der Waals surface area contributed by atoms with E-state index in [1.807, 2.05) is 0 Å². The van der Waals surface area contributed by atoms with Gasteiger partial charge in [0.15, 0.2) is 12.6 Å². The number of aliphatic hydroxyl groups is 10. The number of allylic oxidation sites excluding steroid dienone is 1. The van der Waals surface area contributed by atoms with Crippen molar-refractivity contribution in [2.75, 3.05) is 13.2 Å². The summed E-state index contributed by atoms with van der Waals surface area (Å²) in [5.74, 6) is 1.05. The van der Waals surface area contributed by atoms with Crippen LogP contribution in [0.1, 0.15) is 107 Å². The highest BCUT2D eigenvalue weighted by Gasteiger charge is 2.70. The minimum atomic E-state index is -1.67. The topological polar surface area (TPSA) is 239 Å². The Balaban J connectivity index is 1.16. The summed E-state index contributed by atoms with van der Waals surface area (Å²) in [5, 5.41) is 106. The molecule has 2 heterocycles. The Labute approximate surface area is 331 Å². The first-order chi connectivity index (χ1) is 25.9. The van der Waals surface area contributed by atoms with E-state index in [0.717, 1.165) is 32.1 Å². The van der Waals surface area contributed by atoms with E-state index in [1.54, 1.807) is 13.8 Å². The summed E-state index contributed by atoms with van der Waals surface area (Å²) in [6.07, 6.45) is -8.06. The van der Waals surface area contributed by atoms with Crippen molar-refractivity contribution in [1.29, 1.82) is 0 Å². The molecule has 0 radical (unpaired) electrons. The predicted octanol–water partition coefficient (Wildman–Crippen LogP) is 1.12. The van der Waals surface area contributed by atoms with E-state index in [1.165, 1.54) is 5.57 Å². The second-order valence-corrected chi connectivity index (χ2v) is 20.3. The second kappa shape index (κ2) is 15.9. The van der Waals surface area contributed by atoms with Gasteiger partial charge in [0.05, 0.1) is 37.1 Å². The van der Waals surface area contributed by atoms with E-state index < -0.39 is 104 Å². The van der Waals surface area contributed by atoms with Crippen LogP contribution >= 0.6 is 0 Å². The fraction of sp³-hybridized carbons (Fsp3) is 0.952. The number of hydrogen-bond acceptors (Lipinski definition) is 14. The molecule has 0 amide bonds. The molecule has 6 rings (SSSR count). The first-order valence-electron chi connectivity index (χ1n) is 21.0. The third-order valence-electron chi connectivity index (χ3n) is 16.6. The van der Waals surface area contributed by atoms with E-state index in [9.17, 15) is 51.1 Å². The molecule has 0 aromatic rings. The van der Waals surface area contributed by atoms with Crippen LogP contribution in [0.15, 0.2) is 11.6 Å². The molecule has 56 heavy (non-hydrogen) atoms. The van der Waals surface area contributed by atoms with Gasteiger partial charge in [-0.15, -0.1) is 0 Å². The van der Waals surface area contributed by atoms with Crippen LogP contribution in [0, 0.1) is 45.3 Å². The van der Waals surface area contributed by atoms with E-state index in [0.29, 0.717) is 31.1 Å². The Morgan fingerprint density at radius 1 is 0.804 bits per heavy atom. The molecule has 14 heteroatoms. The van der Waals surface area contributed by atoms with Crippen molar-refractivity contribution in [3.05, 3.63) is 11.6 Å². The van der Waals surface area contributed by atoms with E-state index >= 15 is 0 Å². The number of ether oxygens (including phenoxy) is 4. The molecule has 10 N–H and O–H groups in total. The van der Waals surface area contributed by atoms with E-state index in [2.05, 4.69) is 47.6 Å². The van der Waals surface area contributed by atoms with Crippen molar-refractivity contribution in [3.8, 4) is 0 Å². The van der Waals surface area contributed by atoms with Crippen molar-refractivity contribution >= 4 is 0 Å². The van der Waals surface area contributed by atoms with Gasteiger partial charge in [0.2, 0.25) is 0 Å². The van der Waals surface area contributed by atoms with Gasteiger partial charge in [0.1, 0.15) is 48.8 Å². The molecule has 0 spiro atoms. The number of hydrogen-bond donors (Lipinski definition) is 10. The third-order valence-corrected chi connectivity index (χ3v) is 16.6. The first kappa shape index (κ1) is 44.7. The van der Waals surface area contributed by atoms with Crippen molar-refractivity contribution in [2.45, 2.75) is 192 Å². The molecular formula is C42H72O14. The van der Waals surface area contributed by atoms with Gasteiger partial charge in [0.25, 0.3) is 0 Å². The zero-order valence-corrected chi connectivity index (χ0v) is 34.6. The maximum Gasteiger partial charge on any atom is 0.187 e. The maximum atomic E-state index is 12.4. The number of aliphatic hydroxyl groups excluding tert-OH is 9. The summed E-state index contributed by atoms with van der Waals surface area (Å²) in [6, 6.07) is 0. The van der Waals surface area contributed by atoms with Gasteiger partial charge in [-0.3, -0.25) is 0 Å². The van der Waals surface area contributed by atoms with Crippen LogP contribution in [-0.4, -0.2) is 150 Å². The lowest BCUT2D eigenvalue weighted by Gasteiger charge is -2.67.